The molecule has 2 aromatic carbocycles. The zero-order valence-corrected chi connectivity index (χ0v) is 33.9. The van der Waals surface area contributed by atoms with Crippen molar-refractivity contribution < 1.29 is 78.2 Å². The van der Waals surface area contributed by atoms with Crippen LogP contribution in [0, 0.1) is 0 Å². The Morgan fingerprint density at radius 1 is 0.695 bits per heavy atom. The molecule has 324 valence electrons. The van der Waals surface area contributed by atoms with E-state index >= 15 is 0 Å². The van der Waals surface area contributed by atoms with Gasteiger partial charge >= 0.3 is 5.97 Å². The molecule has 0 aromatic heterocycles. The fourth-order valence-corrected chi connectivity index (χ4v) is 9.04. The normalized spacial score (nSPS) is 36.0. The van der Waals surface area contributed by atoms with Gasteiger partial charge in [0.25, 0.3) is 0 Å². The number of ketones is 2. The van der Waals surface area contributed by atoms with Crippen molar-refractivity contribution >= 4 is 17.5 Å². The number of benzene rings is 2. The molecule has 0 amide bonds. The van der Waals surface area contributed by atoms with E-state index < -0.39 is 109 Å². The number of ether oxygens (including phenoxy) is 7. The summed E-state index contributed by atoms with van der Waals surface area (Å²) < 4.78 is 42.4. The van der Waals surface area contributed by atoms with Gasteiger partial charge in [-0.05, 0) is 71.6 Å². The second-order valence-corrected chi connectivity index (χ2v) is 17.0. The molecule has 6 N–H and O–H groups in total. The molecule has 4 heterocycles. The van der Waals surface area contributed by atoms with E-state index in [0.717, 1.165) is 0 Å². The van der Waals surface area contributed by atoms with E-state index in [9.17, 15) is 45.0 Å². The maximum atomic E-state index is 14.0. The number of aliphatic hydroxyl groups excluding tert-OH is 3. The van der Waals surface area contributed by atoms with Crippen LogP contribution in [0.25, 0.3) is 0 Å². The highest BCUT2D eigenvalue weighted by molar-refractivity contribution is 6.30. The van der Waals surface area contributed by atoms with Gasteiger partial charge in [-0.3, -0.25) is 14.4 Å². The SMILES string of the molecule is C[C@@H]1O[C@@H](O[C@H]2[C@H](O)C[C@H](c3ccc4c(c3O)C(=O)c3ccc(CC(C)(CC(=O)O)O[C@H]5CC[C@H](O[C@H]6CC[C@@H](O)[C@H](C)O6)[C@H](C)O5)c(O)c3C4=O)O[C@@H]2C)CC[C@H]1O. The third kappa shape index (κ3) is 9.08. The maximum absolute atomic E-state index is 14.0. The van der Waals surface area contributed by atoms with Gasteiger partial charge in [-0.25, -0.2) is 0 Å². The number of aromatic hydroxyl groups is 2. The summed E-state index contributed by atoms with van der Waals surface area (Å²) in [4.78, 5) is 40.2. The molecule has 14 atom stereocenters. The molecular weight excluding hydrogens is 772 g/mol. The van der Waals surface area contributed by atoms with Crippen molar-refractivity contribution in [2.24, 2.45) is 0 Å². The number of aliphatic carboxylic acids is 1. The summed E-state index contributed by atoms with van der Waals surface area (Å²) >= 11 is 0. The van der Waals surface area contributed by atoms with Gasteiger partial charge in [0, 0.05) is 48.8 Å². The van der Waals surface area contributed by atoms with Crippen LogP contribution in [0.15, 0.2) is 24.3 Å². The van der Waals surface area contributed by atoms with Gasteiger partial charge in [0.2, 0.25) is 0 Å². The van der Waals surface area contributed by atoms with E-state index in [1.165, 1.54) is 24.3 Å². The minimum absolute atomic E-state index is 0.00596. The number of carbonyl (C=O) groups is 3. The second-order valence-electron chi connectivity index (χ2n) is 17.0. The van der Waals surface area contributed by atoms with E-state index in [-0.39, 0.29) is 58.4 Å². The fraction of sp³-hybridized carbons (Fsp3) is 0.651. The summed E-state index contributed by atoms with van der Waals surface area (Å²) in [7, 11) is 0. The number of rotatable bonds is 11. The average molecular weight is 829 g/mol. The van der Waals surface area contributed by atoms with Crippen LogP contribution in [-0.4, -0.2) is 128 Å². The first-order valence-corrected chi connectivity index (χ1v) is 20.6. The molecule has 0 bridgehead atoms. The first-order valence-electron chi connectivity index (χ1n) is 20.6. The fourth-order valence-electron chi connectivity index (χ4n) is 9.04. The highest BCUT2D eigenvalue weighted by atomic mass is 16.7. The van der Waals surface area contributed by atoms with E-state index in [0.29, 0.717) is 38.5 Å². The number of carboxylic acids is 1. The van der Waals surface area contributed by atoms with E-state index in [1.807, 2.05) is 6.92 Å². The van der Waals surface area contributed by atoms with Crippen LogP contribution >= 0.6 is 0 Å². The Kier molecular flexibility index (Phi) is 12.9. The Bertz CT molecular complexity index is 1890. The first kappa shape index (κ1) is 43.5. The monoisotopic (exact) mass is 828 g/mol. The van der Waals surface area contributed by atoms with Gasteiger partial charge in [0.05, 0.1) is 78.1 Å². The van der Waals surface area contributed by atoms with Crippen molar-refractivity contribution in [2.75, 3.05) is 0 Å². The lowest BCUT2D eigenvalue weighted by molar-refractivity contribution is -0.295. The van der Waals surface area contributed by atoms with Crippen LogP contribution in [0.1, 0.15) is 135 Å². The van der Waals surface area contributed by atoms with Gasteiger partial charge in [-0.1, -0.05) is 12.1 Å². The highest BCUT2D eigenvalue weighted by Gasteiger charge is 2.44. The summed E-state index contributed by atoms with van der Waals surface area (Å²) in [6.07, 6.45) is -5.62. The van der Waals surface area contributed by atoms with Crippen LogP contribution < -0.4 is 0 Å². The number of phenols is 2. The highest BCUT2D eigenvalue weighted by Crippen LogP contribution is 2.45. The molecule has 0 saturated carbocycles. The van der Waals surface area contributed by atoms with Crippen molar-refractivity contribution in [1.82, 2.24) is 0 Å². The topological polar surface area (TPSA) is 237 Å². The number of carboxylic acid groups (broad SMARTS) is 1. The molecule has 16 heteroatoms. The summed E-state index contributed by atoms with van der Waals surface area (Å²) in [5, 5.41) is 64.1. The number of hydrogen-bond donors (Lipinski definition) is 6. The quantitative estimate of drug-likeness (QED) is 0.161. The Hall–Kier alpha value is -3.55. The average Bonchev–Trinajstić information content (AvgIpc) is 3.16. The van der Waals surface area contributed by atoms with E-state index in [4.69, 9.17) is 33.2 Å². The van der Waals surface area contributed by atoms with Gasteiger partial charge in [-0.2, -0.15) is 0 Å². The first-order chi connectivity index (χ1) is 27.9. The molecule has 4 fully saturated rings. The Labute approximate surface area is 342 Å². The summed E-state index contributed by atoms with van der Waals surface area (Å²) in [6, 6.07) is 5.64. The zero-order chi connectivity index (χ0) is 42.5. The molecule has 59 heavy (non-hydrogen) atoms. The Morgan fingerprint density at radius 3 is 1.83 bits per heavy atom. The molecule has 4 aliphatic heterocycles. The molecular formula is C43H56O16. The third-order valence-electron chi connectivity index (χ3n) is 12.4. The third-order valence-corrected chi connectivity index (χ3v) is 12.4. The van der Waals surface area contributed by atoms with Crippen molar-refractivity contribution in [3.8, 4) is 11.5 Å². The van der Waals surface area contributed by atoms with Crippen molar-refractivity contribution in [3.05, 3.63) is 57.6 Å². The maximum Gasteiger partial charge on any atom is 0.306 e. The minimum atomic E-state index is -1.42. The minimum Gasteiger partial charge on any atom is -0.507 e. The predicted octanol–water partition coefficient (Wildman–Crippen LogP) is 3.94. The van der Waals surface area contributed by atoms with Gasteiger partial charge < -0.3 is 63.8 Å². The van der Waals surface area contributed by atoms with Crippen LogP contribution in [0.5, 0.6) is 11.5 Å². The smallest absolute Gasteiger partial charge is 0.306 e. The second kappa shape index (κ2) is 17.4. The Balaban J connectivity index is 1.04. The number of aliphatic hydroxyl groups is 3. The van der Waals surface area contributed by atoms with Gasteiger partial charge in [0.15, 0.2) is 30.4 Å². The summed E-state index contributed by atoms with van der Waals surface area (Å²) in [5.41, 5.74) is -1.86. The van der Waals surface area contributed by atoms with Crippen LogP contribution in [0.3, 0.4) is 0 Å². The lowest BCUT2D eigenvalue weighted by Crippen LogP contribution is -2.49. The lowest BCUT2D eigenvalue weighted by atomic mass is 9.79. The van der Waals surface area contributed by atoms with Crippen LogP contribution in [-0.2, 0) is 44.4 Å². The van der Waals surface area contributed by atoms with E-state index in [1.54, 1.807) is 27.7 Å². The van der Waals surface area contributed by atoms with Crippen molar-refractivity contribution in [1.29, 1.82) is 0 Å². The number of fused-ring (bicyclic) bond motifs is 2. The lowest BCUT2D eigenvalue weighted by Gasteiger charge is -2.41. The van der Waals surface area contributed by atoms with Gasteiger partial charge in [0.1, 0.15) is 17.6 Å². The summed E-state index contributed by atoms with van der Waals surface area (Å²) in [5.74, 6) is -3.56. The molecule has 7 rings (SSSR count). The van der Waals surface area contributed by atoms with Crippen LogP contribution in [0.4, 0.5) is 0 Å². The zero-order valence-electron chi connectivity index (χ0n) is 33.9. The number of phenolic OH excluding ortho intramolecular Hbond substituents is 2. The van der Waals surface area contributed by atoms with E-state index in [2.05, 4.69) is 0 Å². The molecule has 1 aliphatic carbocycles. The van der Waals surface area contributed by atoms with Crippen molar-refractivity contribution in [2.45, 2.75) is 178 Å². The molecule has 16 nitrogen and oxygen atoms in total. The Morgan fingerprint density at radius 2 is 1.25 bits per heavy atom. The largest absolute Gasteiger partial charge is 0.507 e. The summed E-state index contributed by atoms with van der Waals surface area (Å²) in [6.45, 7) is 8.65. The van der Waals surface area contributed by atoms with Crippen molar-refractivity contribution in [3.63, 3.8) is 0 Å². The van der Waals surface area contributed by atoms with Crippen LogP contribution in [0.2, 0.25) is 0 Å². The predicted molar refractivity (Wildman–Crippen MR) is 205 cm³/mol. The molecule has 1 unspecified atom stereocenters. The van der Waals surface area contributed by atoms with Gasteiger partial charge in [-0.15, -0.1) is 0 Å². The molecule has 2 aromatic rings. The molecule has 0 radical (unpaired) electrons. The molecule has 4 saturated heterocycles. The molecule has 5 aliphatic rings. The standard InChI is InChI=1S/C43H56O16/c1-19-27(44)10-13-33(54-19)57-30-12-15-35(56-21(30)3)59-43(5,18-32(47)48)17-23-6-7-25-36(38(23)49)40(51)26-9-8-24(39(50)37(26)41(25)52)31-16-29(46)42(22(4)53-31)58-34-14-11-28(45)20(2)55-34/h6-9,19-22,27-31,33-35,42,44-46,49-50H,10-18H2,1-5H3,(H,47,48)/t19-,20-,21-,22+,27+,28+,29+,30-,31+,33-,34-,35-,42+,43?/m0/s1. The molecule has 0 spiro atoms. The number of carbonyl (C=O) groups excluding carboxylic acids is 2. The number of hydrogen-bond acceptors (Lipinski definition) is 15.